The van der Waals surface area contributed by atoms with E-state index in [2.05, 4.69) is 36.3 Å². The smallest absolute Gasteiger partial charge is 0.0874 e. The Balaban J connectivity index is 2.35. The second kappa shape index (κ2) is 5.10. The van der Waals surface area contributed by atoms with Gasteiger partial charge in [0, 0.05) is 11.1 Å². The molecule has 0 radical (unpaired) electrons. The number of rotatable bonds is 3. The summed E-state index contributed by atoms with van der Waals surface area (Å²) < 4.78 is 0. The van der Waals surface area contributed by atoms with E-state index in [0.717, 1.165) is 11.4 Å². The van der Waals surface area contributed by atoms with Gasteiger partial charge >= 0.3 is 0 Å². The van der Waals surface area contributed by atoms with Gasteiger partial charge in [0.25, 0.3) is 0 Å². The quantitative estimate of drug-likeness (QED) is 0.380. The van der Waals surface area contributed by atoms with Crippen LogP contribution in [0.3, 0.4) is 0 Å². The lowest BCUT2D eigenvalue weighted by atomic mass is 9.78. The van der Waals surface area contributed by atoms with Gasteiger partial charge in [0.2, 0.25) is 0 Å². The third-order valence-corrected chi connectivity index (χ3v) is 3.39. The van der Waals surface area contributed by atoms with Gasteiger partial charge in [-0.3, -0.25) is 0 Å². The van der Waals surface area contributed by atoms with Crippen LogP contribution < -0.4 is 11.6 Å². The Morgan fingerprint density at radius 1 is 0.842 bits per heavy atom. The van der Waals surface area contributed by atoms with Crippen molar-refractivity contribution < 1.29 is 0 Å². The van der Waals surface area contributed by atoms with Crippen molar-refractivity contribution >= 4 is 11.4 Å². The monoisotopic (exact) mass is 254 g/mol. The lowest BCUT2D eigenvalue weighted by Gasteiger charge is -2.26. The molecule has 0 bridgehead atoms. The number of anilines is 1. The standard InChI is InChI=1S/C15H18N4/c1-15(2,11-3-7-13(16)8-4-11)12-5-9-14(10-6-12)18-19-17/h3-10H,16H2,1-2H3,(H2,17,18). The number of nitrogens with zero attached hydrogens (tertiary/aromatic N) is 2. The zero-order valence-electron chi connectivity index (χ0n) is 11.2. The number of hydrogen-bond acceptors (Lipinski definition) is 3. The molecule has 0 spiro atoms. The first-order valence-corrected chi connectivity index (χ1v) is 6.11. The summed E-state index contributed by atoms with van der Waals surface area (Å²) in [6.45, 7) is 4.36. The van der Waals surface area contributed by atoms with Gasteiger partial charge < -0.3 is 11.6 Å². The van der Waals surface area contributed by atoms with E-state index < -0.39 is 0 Å². The zero-order valence-corrected chi connectivity index (χ0v) is 11.2. The molecule has 0 unspecified atom stereocenters. The van der Waals surface area contributed by atoms with Gasteiger partial charge in [-0.05, 0) is 35.4 Å². The van der Waals surface area contributed by atoms with E-state index in [1.807, 2.05) is 36.4 Å². The molecule has 0 amide bonds. The fourth-order valence-corrected chi connectivity index (χ4v) is 2.08. The molecule has 4 N–H and O–H groups in total. The maximum absolute atomic E-state index is 5.73. The van der Waals surface area contributed by atoms with Crippen molar-refractivity contribution in [3.05, 3.63) is 59.7 Å². The number of hydrogen-bond donors (Lipinski definition) is 2. The minimum absolute atomic E-state index is 0.0912. The Labute approximate surface area is 113 Å². The Hall–Kier alpha value is -2.36. The number of nitrogen functional groups attached to an aromatic ring is 1. The van der Waals surface area contributed by atoms with E-state index in [0.29, 0.717) is 0 Å². The Bertz CT molecular complexity index is 568. The van der Waals surface area contributed by atoms with Crippen molar-refractivity contribution in [2.24, 2.45) is 16.2 Å². The molecule has 0 aliphatic rings. The molecule has 0 aliphatic heterocycles. The highest BCUT2D eigenvalue weighted by Crippen LogP contribution is 2.32. The summed E-state index contributed by atoms with van der Waals surface area (Å²) in [6.07, 6.45) is 0. The van der Waals surface area contributed by atoms with Crippen LogP contribution in [0.2, 0.25) is 0 Å². The van der Waals surface area contributed by atoms with E-state index >= 15 is 0 Å². The van der Waals surface area contributed by atoms with Crippen molar-refractivity contribution in [2.75, 3.05) is 5.73 Å². The third-order valence-electron chi connectivity index (χ3n) is 3.39. The molecule has 0 aromatic heterocycles. The van der Waals surface area contributed by atoms with E-state index in [1.54, 1.807) is 0 Å². The first-order chi connectivity index (χ1) is 9.04. The van der Waals surface area contributed by atoms with Crippen LogP contribution in [-0.2, 0) is 5.41 Å². The van der Waals surface area contributed by atoms with Gasteiger partial charge in [0.1, 0.15) is 0 Å². The maximum atomic E-state index is 5.73. The lowest BCUT2D eigenvalue weighted by molar-refractivity contribution is 0.641. The van der Waals surface area contributed by atoms with Crippen molar-refractivity contribution in [2.45, 2.75) is 19.3 Å². The normalized spacial score (nSPS) is 11.9. The number of nitrogens with two attached hydrogens (primary N) is 2. The van der Waals surface area contributed by atoms with Crippen LogP contribution >= 0.6 is 0 Å². The predicted octanol–water partition coefficient (Wildman–Crippen LogP) is 3.55. The molecule has 4 heteroatoms. The van der Waals surface area contributed by atoms with Crippen molar-refractivity contribution in [3.63, 3.8) is 0 Å². The van der Waals surface area contributed by atoms with Gasteiger partial charge in [0.15, 0.2) is 0 Å². The Morgan fingerprint density at radius 2 is 1.32 bits per heavy atom. The van der Waals surface area contributed by atoms with Crippen LogP contribution in [0.1, 0.15) is 25.0 Å². The summed E-state index contributed by atoms with van der Waals surface area (Å²) in [5, 5.41) is 7.08. The molecule has 0 aliphatic carbocycles. The minimum atomic E-state index is -0.0912. The molecule has 0 atom stereocenters. The highest BCUT2D eigenvalue weighted by molar-refractivity contribution is 5.47. The molecule has 19 heavy (non-hydrogen) atoms. The van der Waals surface area contributed by atoms with Crippen LogP contribution in [0.15, 0.2) is 58.9 Å². The van der Waals surface area contributed by atoms with Gasteiger partial charge in [-0.2, -0.15) is 0 Å². The van der Waals surface area contributed by atoms with E-state index in [1.165, 1.54) is 11.1 Å². The second-order valence-corrected chi connectivity index (χ2v) is 5.01. The minimum Gasteiger partial charge on any atom is -0.399 e. The first kappa shape index (κ1) is 13.1. The summed E-state index contributed by atoms with van der Waals surface area (Å²) in [7, 11) is 0. The molecule has 98 valence electrons. The van der Waals surface area contributed by atoms with Gasteiger partial charge in [-0.25, -0.2) is 0 Å². The van der Waals surface area contributed by atoms with Gasteiger partial charge in [-0.1, -0.05) is 43.3 Å². The average molecular weight is 254 g/mol. The second-order valence-electron chi connectivity index (χ2n) is 5.01. The van der Waals surface area contributed by atoms with Crippen LogP contribution in [0.4, 0.5) is 11.4 Å². The van der Waals surface area contributed by atoms with Crippen LogP contribution in [0, 0.1) is 0 Å². The number of benzene rings is 2. The Morgan fingerprint density at radius 3 is 1.79 bits per heavy atom. The first-order valence-electron chi connectivity index (χ1n) is 6.11. The zero-order chi connectivity index (χ0) is 13.9. The highest BCUT2D eigenvalue weighted by Gasteiger charge is 2.22. The van der Waals surface area contributed by atoms with Gasteiger partial charge in [-0.15, -0.1) is 5.11 Å². The molecular weight excluding hydrogens is 236 g/mol. The molecule has 0 heterocycles. The van der Waals surface area contributed by atoms with Crippen LogP contribution in [0.5, 0.6) is 0 Å². The van der Waals surface area contributed by atoms with Gasteiger partial charge in [0.05, 0.1) is 5.69 Å². The molecule has 2 rings (SSSR count). The van der Waals surface area contributed by atoms with E-state index in [-0.39, 0.29) is 5.41 Å². The molecule has 2 aromatic rings. The summed E-state index contributed by atoms with van der Waals surface area (Å²) in [4.78, 5) is 0. The van der Waals surface area contributed by atoms with E-state index in [9.17, 15) is 0 Å². The highest BCUT2D eigenvalue weighted by atomic mass is 15.3. The summed E-state index contributed by atoms with van der Waals surface area (Å²) in [5.41, 5.74) is 9.58. The Kier molecular flexibility index (Phi) is 3.51. The van der Waals surface area contributed by atoms with Crippen molar-refractivity contribution in [1.29, 1.82) is 0 Å². The fraction of sp³-hybridized carbons (Fsp3) is 0.200. The summed E-state index contributed by atoms with van der Waals surface area (Å²) >= 11 is 0. The van der Waals surface area contributed by atoms with Crippen molar-refractivity contribution in [3.8, 4) is 0 Å². The topological polar surface area (TPSA) is 76.8 Å². The molecule has 2 aromatic carbocycles. The van der Waals surface area contributed by atoms with Crippen LogP contribution in [-0.4, -0.2) is 0 Å². The fourth-order valence-electron chi connectivity index (χ4n) is 2.08. The van der Waals surface area contributed by atoms with Crippen LogP contribution in [0.25, 0.3) is 0 Å². The SMILES string of the molecule is CC(C)(c1ccc(N)cc1)c1ccc(N=NN)cc1. The lowest BCUT2D eigenvalue weighted by Crippen LogP contribution is -2.18. The molecule has 0 saturated carbocycles. The molecule has 4 nitrogen and oxygen atoms in total. The predicted molar refractivity (Wildman–Crippen MR) is 78.1 cm³/mol. The maximum Gasteiger partial charge on any atom is 0.0874 e. The molecule has 0 fully saturated rings. The van der Waals surface area contributed by atoms with E-state index in [4.69, 9.17) is 11.6 Å². The average Bonchev–Trinajstić information content (AvgIpc) is 2.40. The third kappa shape index (κ3) is 2.73. The largest absolute Gasteiger partial charge is 0.399 e. The molecule has 0 saturated heterocycles. The summed E-state index contributed by atoms with van der Waals surface area (Å²) in [5.74, 6) is 5.04. The van der Waals surface area contributed by atoms with Crippen molar-refractivity contribution in [1.82, 2.24) is 0 Å². The summed E-state index contributed by atoms with van der Waals surface area (Å²) in [6, 6.07) is 15.9. The molecular formula is C15H18N4.